The molecule has 7 heteroatoms. The number of carbonyl (C=O) groups is 1. The van der Waals surface area contributed by atoms with E-state index in [-0.39, 0.29) is 18.3 Å². The standard InChI is InChI=1S/C16H21N5O.ClH/c1-11-3-5-13(6-4-11)15(22)19-16-18-14(20-21(16)2)12-7-9-17-10-8-12;/h3-6,12,17H,7-10H2,1-2H3,(H,18,19,20,22);1H. The number of benzene rings is 1. The van der Waals surface area contributed by atoms with Gasteiger partial charge in [0.1, 0.15) is 0 Å². The maximum absolute atomic E-state index is 12.3. The van der Waals surface area contributed by atoms with E-state index in [0.717, 1.165) is 37.3 Å². The van der Waals surface area contributed by atoms with E-state index >= 15 is 0 Å². The number of nitrogens with one attached hydrogen (secondary N) is 2. The number of hydrogen-bond donors (Lipinski definition) is 2. The molecular formula is C16H22ClN5O. The molecule has 1 aromatic carbocycles. The number of aromatic nitrogens is 3. The number of amides is 1. The SMILES string of the molecule is Cc1ccc(C(=O)Nc2nc(C3CCNCC3)nn2C)cc1.Cl. The Morgan fingerprint density at radius 3 is 2.57 bits per heavy atom. The minimum Gasteiger partial charge on any atom is -0.317 e. The molecule has 23 heavy (non-hydrogen) atoms. The van der Waals surface area contributed by atoms with Crippen LogP contribution in [0.5, 0.6) is 0 Å². The predicted molar refractivity (Wildman–Crippen MR) is 92.2 cm³/mol. The van der Waals surface area contributed by atoms with Gasteiger partial charge in [-0.25, -0.2) is 4.68 Å². The largest absolute Gasteiger partial charge is 0.317 e. The summed E-state index contributed by atoms with van der Waals surface area (Å²) in [5, 5.41) is 10.6. The summed E-state index contributed by atoms with van der Waals surface area (Å²) in [7, 11) is 1.81. The van der Waals surface area contributed by atoms with E-state index in [1.54, 1.807) is 4.68 Å². The van der Waals surface area contributed by atoms with Crippen molar-refractivity contribution in [2.45, 2.75) is 25.7 Å². The lowest BCUT2D eigenvalue weighted by molar-refractivity contribution is 0.102. The lowest BCUT2D eigenvalue weighted by atomic mass is 9.98. The van der Waals surface area contributed by atoms with Crippen LogP contribution >= 0.6 is 12.4 Å². The van der Waals surface area contributed by atoms with E-state index in [2.05, 4.69) is 20.7 Å². The van der Waals surface area contributed by atoms with E-state index in [9.17, 15) is 4.79 Å². The molecule has 0 radical (unpaired) electrons. The highest BCUT2D eigenvalue weighted by Crippen LogP contribution is 2.23. The Hall–Kier alpha value is -1.92. The Kier molecular flexibility index (Phi) is 5.74. The molecule has 3 rings (SSSR count). The third kappa shape index (κ3) is 4.09. The highest BCUT2D eigenvalue weighted by molar-refractivity contribution is 6.03. The fourth-order valence-corrected chi connectivity index (χ4v) is 2.64. The lowest BCUT2D eigenvalue weighted by Gasteiger charge is -2.19. The van der Waals surface area contributed by atoms with Gasteiger partial charge in [-0.05, 0) is 45.0 Å². The number of nitrogens with zero attached hydrogens (tertiary/aromatic N) is 3. The molecule has 0 spiro atoms. The molecule has 1 aliphatic heterocycles. The number of anilines is 1. The van der Waals surface area contributed by atoms with Gasteiger partial charge in [0.25, 0.3) is 5.91 Å². The molecule has 1 aromatic heterocycles. The van der Waals surface area contributed by atoms with E-state index in [0.29, 0.717) is 17.4 Å². The van der Waals surface area contributed by atoms with E-state index in [1.165, 1.54) is 0 Å². The number of rotatable bonds is 3. The highest BCUT2D eigenvalue weighted by atomic mass is 35.5. The number of halogens is 1. The molecule has 2 heterocycles. The second-order valence-electron chi connectivity index (χ2n) is 5.76. The first-order valence-electron chi connectivity index (χ1n) is 7.63. The Morgan fingerprint density at radius 2 is 1.91 bits per heavy atom. The van der Waals surface area contributed by atoms with Crippen molar-refractivity contribution in [1.82, 2.24) is 20.1 Å². The summed E-state index contributed by atoms with van der Waals surface area (Å²) in [4.78, 5) is 16.8. The molecule has 6 nitrogen and oxygen atoms in total. The van der Waals surface area contributed by atoms with Crippen molar-refractivity contribution in [3.8, 4) is 0 Å². The third-order valence-electron chi connectivity index (χ3n) is 4.02. The third-order valence-corrected chi connectivity index (χ3v) is 4.02. The van der Waals surface area contributed by atoms with Crippen LogP contribution in [0.3, 0.4) is 0 Å². The summed E-state index contributed by atoms with van der Waals surface area (Å²) in [5.41, 5.74) is 1.75. The maximum atomic E-state index is 12.3. The van der Waals surface area contributed by atoms with Crippen molar-refractivity contribution in [3.05, 3.63) is 41.2 Å². The normalized spacial score (nSPS) is 15.0. The number of hydrogen-bond acceptors (Lipinski definition) is 4. The van der Waals surface area contributed by atoms with Gasteiger partial charge < -0.3 is 5.32 Å². The van der Waals surface area contributed by atoms with Gasteiger partial charge in [-0.1, -0.05) is 17.7 Å². The summed E-state index contributed by atoms with van der Waals surface area (Å²) in [5.74, 6) is 1.53. The molecule has 0 atom stereocenters. The predicted octanol–water partition coefficient (Wildman–Crippen LogP) is 2.26. The Labute approximate surface area is 142 Å². The fourth-order valence-electron chi connectivity index (χ4n) is 2.64. The van der Waals surface area contributed by atoms with Gasteiger partial charge >= 0.3 is 0 Å². The summed E-state index contributed by atoms with van der Waals surface area (Å²) < 4.78 is 1.64. The van der Waals surface area contributed by atoms with Gasteiger partial charge in [0.15, 0.2) is 5.82 Å². The molecule has 0 aliphatic carbocycles. The minimum absolute atomic E-state index is 0. The van der Waals surface area contributed by atoms with Crippen molar-refractivity contribution in [2.75, 3.05) is 18.4 Å². The average molecular weight is 336 g/mol. The van der Waals surface area contributed by atoms with Gasteiger partial charge in [-0.3, -0.25) is 10.1 Å². The zero-order valence-corrected chi connectivity index (χ0v) is 14.2. The molecule has 1 aliphatic rings. The topological polar surface area (TPSA) is 71.8 Å². The summed E-state index contributed by atoms with van der Waals surface area (Å²) in [6, 6.07) is 7.47. The summed E-state index contributed by atoms with van der Waals surface area (Å²) >= 11 is 0. The molecule has 1 fully saturated rings. The zero-order chi connectivity index (χ0) is 15.5. The Bertz CT molecular complexity index is 662. The molecule has 0 unspecified atom stereocenters. The van der Waals surface area contributed by atoms with Gasteiger partial charge in [0.05, 0.1) is 0 Å². The minimum atomic E-state index is -0.160. The van der Waals surface area contributed by atoms with Crippen molar-refractivity contribution < 1.29 is 4.79 Å². The second kappa shape index (κ2) is 7.57. The van der Waals surface area contributed by atoms with Crippen LogP contribution in [0.15, 0.2) is 24.3 Å². The number of piperidine rings is 1. The molecule has 0 saturated carbocycles. The van der Waals surface area contributed by atoms with Gasteiger partial charge in [-0.15, -0.1) is 12.4 Å². The van der Waals surface area contributed by atoms with Crippen LogP contribution < -0.4 is 10.6 Å². The van der Waals surface area contributed by atoms with Crippen LogP contribution in [0.1, 0.15) is 40.5 Å². The van der Waals surface area contributed by atoms with Crippen LogP contribution in [0.4, 0.5) is 5.95 Å². The van der Waals surface area contributed by atoms with E-state index in [1.807, 2.05) is 38.2 Å². The molecule has 0 bridgehead atoms. The molecular weight excluding hydrogens is 314 g/mol. The maximum Gasteiger partial charge on any atom is 0.258 e. The van der Waals surface area contributed by atoms with Gasteiger partial charge in [0.2, 0.25) is 5.95 Å². The van der Waals surface area contributed by atoms with Crippen molar-refractivity contribution in [2.24, 2.45) is 7.05 Å². The van der Waals surface area contributed by atoms with Crippen LogP contribution in [0, 0.1) is 6.92 Å². The van der Waals surface area contributed by atoms with Crippen LogP contribution in [0.2, 0.25) is 0 Å². The number of carbonyl (C=O) groups excluding carboxylic acids is 1. The first kappa shape index (κ1) is 17.4. The zero-order valence-electron chi connectivity index (χ0n) is 13.4. The van der Waals surface area contributed by atoms with Crippen LogP contribution in [0.25, 0.3) is 0 Å². The average Bonchev–Trinajstić information content (AvgIpc) is 2.90. The quantitative estimate of drug-likeness (QED) is 0.902. The van der Waals surface area contributed by atoms with E-state index in [4.69, 9.17) is 0 Å². The first-order chi connectivity index (χ1) is 10.6. The first-order valence-corrected chi connectivity index (χ1v) is 7.63. The molecule has 124 valence electrons. The van der Waals surface area contributed by atoms with Gasteiger partial charge in [-0.2, -0.15) is 10.1 Å². The smallest absolute Gasteiger partial charge is 0.258 e. The Morgan fingerprint density at radius 1 is 1.26 bits per heavy atom. The van der Waals surface area contributed by atoms with Crippen LogP contribution in [-0.4, -0.2) is 33.8 Å². The summed E-state index contributed by atoms with van der Waals surface area (Å²) in [6.07, 6.45) is 2.07. The highest BCUT2D eigenvalue weighted by Gasteiger charge is 2.21. The monoisotopic (exact) mass is 335 g/mol. The lowest BCUT2D eigenvalue weighted by Crippen LogP contribution is -2.27. The molecule has 2 aromatic rings. The van der Waals surface area contributed by atoms with Crippen molar-refractivity contribution in [1.29, 1.82) is 0 Å². The van der Waals surface area contributed by atoms with Crippen molar-refractivity contribution >= 4 is 24.3 Å². The molecule has 2 N–H and O–H groups in total. The van der Waals surface area contributed by atoms with Gasteiger partial charge in [0, 0.05) is 18.5 Å². The Balaban J connectivity index is 0.00000192. The number of aryl methyl sites for hydroxylation is 2. The molecule has 1 amide bonds. The summed E-state index contributed by atoms with van der Waals surface area (Å²) in [6.45, 7) is 3.98. The fraction of sp³-hybridized carbons (Fsp3) is 0.438. The van der Waals surface area contributed by atoms with Crippen LogP contribution in [-0.2, 0) is 7.05 Å². The molecule has 1 saturated heterocycles. The second-order valence-corrected chi connectivity index (χ2v) is 5.76. The van der Waals surface area contributed by atoms with E-state index < -0.39 is 0 Å². The van der Waals surface area contributed by atoms with Crippen molar-refractivity contribution in [3.63, 3.8) is 0 Å².